The molecule has 3 heteroatoms. The van der Waals surface area contributed by atoms with E-state index in [4.69, 9.17) is 6.42 Å². The molecule has 0 aliphatic carbocycles. The van der Waals surface area contributed by atoms with Gasteiger partial charge in [0.15, 0.2) is 0 Å². The van der Waals surface area contributed by atoms with Gasteiger partial charge in [0.2, 0.25) is 0 Å². The van der Waals surface area contributed by atoms with Gasteiger partial charge >= 0.3 is 0 Å². The zero-order chi connectivity index (χ0) is 15.1. The molecule has 3 N–H and O–H groups in total. The summed E-state index contributed by atoms with van der Waals surface area (Å²) in [5.41, 5.74) is 1.64. The van der Waals surface area contributed by atoms with E-state index in [1.807, 2.05) is 19.1 Å². The number of hydrogen-bond donors (Lipinski definition) is 3. The maximum atomic E-state index is 10.1. The summed E-state index contributed by atoms with van der Waals surface area (Å²) in [6.07, 6.45) is 5.55. The van der Waals surface area contributed by atoms with Gasteiger partial charge in [-0.15, -0.1) is 6.42 Å². The zero-order valence-electron chi connectivity index (χ0n) is 11.5. The van der Waals surface area contributed by atoms with Crippen LogP contribution in [0.2, 0.25) is 0 Å². The van der Waals surface area contributed by atoms with Gasteiger partial charge in [-0.25, -0.2) is 0 Å². The fraction of sp³-hybridized carbons (Fsp3) is 0.111. The minimum Gasteiger partial charge on any atom is -0.508 e. The lowest BCUT2D eigenvalue weighted by molar-refractivity contribution is 0.275. The van der Waals surface area contributed by atoms with Gasteiger partial charge in [-0.1, -0.05) is 24.1 Å². The summed E-state index contributed by atoms with van der Waals surface area (Å²) in [5.74, 6) is 2.77. The molecule has 3 rings (SSSR count). The SMILES string of the molecule is C#Cc1c(CO)c(O)cc2c1ccc1c(C)c(O)ccc12. The summed E-state index contributed by atoms with van der Waals surface area (Å²) >= 11 is 0. The number of fused-ring (bicyclic) bond motifs is 3. The van der Waals surface area contributed by atoms with Crippen LogP contribution in [-0.4, -0.2) is 15.3 Å². The number of aliphatic hydroxyl groups is 1. The molecule has 0 saturated heterocycles. The second kappa shape index (κ2) is 4.69. The summed E-state index contributed by atoms with van der Waals surface area (Å²) in [6, 6.07) is 8.80. The van der Waals surface area contributed by atoms with Crippen LogP contribution in [-0.2, 0) is 6.61 Å². The highest BCUT2D eigenvalue weighted by atomic mass is 16.3. The third kappa shape index (κ3) is 1.81. The Kier molecular flexibility index (Phi) is 2.97. The number of aliphatic hydroxyl groups excluding tert-OH is 1. The predicted molar refractivity (Wildman–Crippen MR) is 83.4 cm³/mol. The average molecular weight is 278 g/mol. The van der Waals surface area contributed by atoms with Gasteiger partial charge in [0.05, 0.1) is 6.61 Å². The summed E-state index contributed by atoms with van der Waals surface area (Å²) in [4.78, 5) is 0. The first-order valence-electron chi connectivity index (χ1n) is 6.55. The van der Waals surface area contributed by atoms with Crippen LogP contribution in [0.3, 0.4) is 0 Å². The molecule has 3 nitrogen and oxygen atoms in total. The lowest BCUT2D eigenvalue weighted by Crippen LogP contribution is -1.93. The number of aryl methyl sites for hydroxylation is 1. The molecule has 0 heterocycles. The monoisotopic (exact) mass is 278 g/mol. The second-order valence-electron chi connectivity index (χ2n) is 5.02. The highest BCUT2D eigenvalue weighted by Crippen LogP contribution is 2.37. The van der Waals surface area contributed by atoms with Crippen LogP contribution in [0, 0.1) is 19.3 Å². The number of phenolic OH excluding ortho intramolecular Hbond substituents is 1. The van der Waals surface area contributed by atoms with Crippen LogP contribution in [0.15, 0.2) is 30.3 Å². The Labute approximate surface area is 122 Å². The van der Waals surface area contributed by atoms with E-state index >= 15 is 0 Å². The van der Waals surface area contributed by atoms with Crippen molar-refractivity contribution in [3.63, 3.8) is 0 Å². The Balaban J connectivity index is 2.56. The first-order chi connectivity index (χ1) is 10.1. The van der Waals surface area contributed by atoms with E-state index < -0.39 is 0 Å². The van der Waals surface area contributed by atoms with Crippen molar-refractivity contribution in [1.29, 1.82) is 0 Å². The van der Waals surface area contributed by atoms with E-state index in [9.17, 15) is 15.3 Å². The van der Waals surface area contributed by atoms with E-state index in [2.05, 4.69) is 5.92 Å². The van der Waals surface area contributed by atoms with Crippen LogP contribution in [0.25, 0.3) is 21.5 Å². The third-order valence-corrected chi connectivity index (χ3v) is 3.95. The van der Waals surface area contributed by atoms with Gasteiger partial charge in [0.25, 0.3) is 0 Å². The van der Waals surface area contributed by atoms with E-state index in [0.29, 0.717) is 11.1 Å². The predicted octanol–water partition coefficient (Wildman–Crippen LogP) is 3.19. The summed E-state index contributed by atoms with van der Waals surface area (Å²) in [5, 5.41) is 32.7. The van der Waals surface area contributed by atoms with Gasteiger partial charge in [-0.05, 0) is 46.2 Å². The maximum Gasteiger partial charge on any atom is 0.123 e. The van der Waals surface area contributed by atoms with Crippen LogP contribution < -0.4 is 0 Å². The third-order valence-electron chi connectivity index (χ3n) is 3.95. The summed E-state index contributed by atoms with van der Waals surface area (Å²) < 4.78 is 0. The number of phenols is 2. The molecule has 104 valence electrons. The minimum atomic E-state index is -0.312. The van der Waals surface area contributed by atoms with E-state index in [-0.39, 0.29) is 18.1 Å². The van der Waals surface area contributed by atoms with E-state index in [1.54, 1.807) is 18.2 Å². The van der Waals surface area contributed by atoms with Gasteiger partial charge in [-0.3, -0.25) is 0 Å². The molecule has 0 saturated carbocycles. The highest BCUT2D eigenvalue weighted by molar-refractivity contribution is 6.11. The minimum absolute atomic E-state index is 0.0174. The largest absolute Gasteiger partial charge is 0.508 e. The highest BCUT2D eigenvalue weighted by Gasteiger charge is 2.14. The van der Waals surface area contributed by atoms with Crippen LogP contribution in [0.5, 0.6) is 11.5 Å². The smallest absolute Gasteiger partial charge is 0.123 e. The fourth-order valence-corrected chi connectivity index (χ4v) is 2.78. The van der Waals surface area contributed by atoms with Crippen molar-refractivity contribution in [1.82, 2.24) is 0 Å². The molecule has 0 atom stereocenters. The number of rotatable bonds is 1. The molecule has 3 aromatic rings. The molecule has 0 bridgehead atoms. The summed E-state index contributed by atoms with van der Waals surface area (Å²) in [6.45, 7) is 1.53. The molecule has 0 radical (unpaired) electrons. The number of benzene rings is 3. The van der Waals surface area contributed by atoms with Crippen molar-refractivity contribution >= 4 is 21.5 Å². The van der Waals surface area contributed by atoms with Gasteiger partial charge in [-0.2, -0.15) is 0 Å². The standard InChI is InChI=1S/C18H14O3/c1-3-11-13-5-4-12-10(2)17(20)7-6-14(12)15(13)8-18(21)16(11)9-19/h1,4-8,19-21H,9H2,2H3. The molecule has 0 fully saturated rings. The summed E-state index contributed by atoms with van der Waals surface area (Å²) in [7, 11) is 0. The fourth-order valence-electron chi connectivity index (χ4n) is 2.78. The molecule has 0 unspecified atom stereocenters. The van der Waals surface area contributed by atoms with Gasteiger partial charge in [0.1, 0.15) is 11.5 Å². The van der Waals surface area contributed by atoms with Crippen molar-refractivity contribution in [3.05, 3.63) is 47.0 Å². The topological polar surface area (TPSA) is 60.7 Å². The average Bonchev–Trinajstić information content (AvgIpc) is 2.49. The molecule has 0 aliphatic heterocycles. The van der Waals surface area contributed by atoms with Gasteiger partial charge in [0, 0.05) is 11.1 Å². The first kappa shape index (κ1) is 13.3. The Bertz CT molecular complexity index is 918. The second-order valence-corrected chi connectivity index (χ2v) is 5.02. The number of terminal acetylenes is 1. The Morgan fingerprint density at radius 1 is 0.952 bits per heavy atom. The van der Waals surface area contributed by atoms with Crippen LogP contribution in [0.4, 0.5) is 0 Å². The number of aromatic hydroxyl groups is 2. The molecular weight excluding hydrogens is 264 g/mol. The number of hydrogen-bond acceptors (Lipinski definition) is 3. The molecule has 21 heavy (non-hydrogen) atoms. The molecule has 0 amide bonds. The maximum absolute atomic E-state index is 10.1. The van der Waals surface area contributed by atoms with Crippen molar-refractivity contribution in [3.8, 4) is 23.8 Å². The van der Waals surface area contributed by atoms with Crippen molar-refractivity contribution in [2.24, 2.45) is 0 Å². The lowest BCUT2D eigenvalue weighted by Gasteiger charge is -2.13. The molecular formula is C18H14O3. The Morgan fingerprint density at radius 2 is 1.62 bits per heavy atom. The normalized spacial score (nSPS) is 10.9. The first-order valence-corrected chi connectivity index (χ1v) is 6.55. The lowest BCUT2D eigenvalue weighted by atomic mass is 9.93. The van der Waals surface area contributed by atoms with Crippen LogP contribution >= 0.6 is 0 Å². The molecule has 0 spiro atoms. The van der Waals surface area contributed by atoms with E-state index in [1.165, 1.54) is 0 Å². The molecule has 0 aliphatic rings. The zero-order valence-corrected chi connectivity index (χ0v) is 11.5. The molecule has 0 aromatic heterocycles. The van der Waals surface area contributed by atoms with Crippen LogP contribution in [0.1, 0.15) is 16.7 Å². The Morgan fingerprint density at radius 3 is 2.29 bits per heavy atom. The van der Waals surface area contributed by atoms with Crippen molar-refractivity contribution < 1.29 is 15.3 Å². The Hall–Kier alpha value is -2.70. The quantitative estimate of drug-likeness (QED) is 0.473. The van der Waals surface area contributed by atoms with Crippen molar-refractivity contribution in [2.45, 2.75) is 13.5 Å². The van der Waals surface area contributed by atoms with Gasteiger partial charge < -0.3 is 15.3 Å². The van der Waals surface area contributed by atoms with E-state index in [0.717, 1.165) is 27.1 Å². The molecule has 3 aromatic carbocycles. The van der Waals surface area contributed by atoms with Crippen molar-refractivity contribution in [2.75, 3.05) is 0 Å².